The number of aliphatic hydroxyl groups excluding tert-OH is 3. The third-order valence-corrected chi connectivity index (χ3v) is 3.24. The second-order valence-electron chi connectivity index (χ2n) is 5.40. The molecular formula is C18H26O9. The Morgan fingerprint density at radius 1 is 0.667 bits per heavy atom. The van der Waals surface area contributed by atoms with E-state index in [1.807, 2.05) is 0 Å². The fraction of sp³-hybridized carbons (Fsp3) is 0.500. The van der Waals surface area contributed by atoms with Crippen molar-refractivity contribution in [2.45, 2.75) is 24.4 Å². The number of hydrogen-bond acceptors (Lipinski definition) is 9. The molecule has 0 saturated heterocycles. The van der Waals surface area contributed by atoms with Gasteiger partial charge in [-0.1, -0.05) is 19.7 Å². The van der Waals surface area contributed by atoms with Crippen LogP contribution in [0.15, 0.2) is 38.0 Å². The molecule has 9 nitrogen and oxygen atoms in total. The van der Waals surface area contributed by atoms with E-state index in [1.54, 1.807) is 0 Å². The molecule has 3 unspecified atom stereocenters. The van der Waals surface area contributed by atoms with Gasteiger partial charge in [0.25, 0.3) is 0 Å². The van der Waals surface area contributed by atoms with Crippen molar-refractivity contribution in [2.75, 3.05) is 33.0 Å². The maximum Gasteiger partial charge on any atom is 0.185 e. The van der Waals surface area contributed by atoms with Gasteiger partial charge in [-0.15, -0.1) is 0 Å². The van der Waals surface area contributed by atoms with Crippen molar-refractivity contribution in [3.8, 4) is 0 Å². The van der Waals surface area contributed by atoms with Gasteiger partial charge in [-0.3, -0.25) is 14.4 Å². The van der Waals surface area contributed by atoms with Crippen LogP contribution in [0.25, 0.3) is 0 Å². The van der Waals surface area contributed by atoms with Crippen molar-refractivity contribution >= 4 is 17.3 Å². The summed E-state index contributed by atoms with van der Waals surface area (Å²) in [6.07, 6.45) is -2.14. The molecule has 0 aromatic rings. The molecule has 0 aromatic carbocycles. The van der Waals surface area contributed by atoms with Crippen LogP contribution in [0.2, 0.25) is 0 Å². The minimum Gasteiger partial charge on any atom is -0.383 e. The zero-order valence-electron chi connectivity index (χ0n) is 15.0. The van der Waals surface area contributed by atoms with Crippen LogP contribution in [0.3, 0.4) is 0 Å². The monoisotopic (exact) mass is 386 g/mol. The molecule has 3 atom stereocenters. The van der Waals surface area contributed by atoms with Gasteiger partial charge in [0.15, 0.2) is 17.3 Å². The Labute approximate surface area is 157 Å². The molecule has 0 aliphatic carbocycles. The molecule has 152 valence electrons. The number of carbonyl (C=O) groups excluding carboxylic acids is 3. The highest BCUT2D eigenvalue weighted by Crippen LogP contribution is 2.01. The number of ketones is 3. The first kappa shape index (κ1) is 25.0. The first-order valence-electron chi connectivity index (χ1n) is 8.06. The molecule has 0 fully saturated rings. The Morgan fingerprint density at radius 3 is 1.33 bits per heavy atom. The van der Waals surface area contributed by atoms with Crippen molar-refractivity contribution in [2.24, 2.45) is 0 Å². The van der Waals surface area contributed by atoms with E-state index in [0.29, 0.717) is 0 Å². The standard InChI is InChI=1S/C18H26O9/c1-4-13(19)16(22)9-25-7-12(27-11-18(24)15(21)6-3)8-26-10-17(23)14(20)5-2/h4-6,12,16-18,22-24H,1-3,7-11H2. The van der Waals surface area contributed by atoms with Gasteiger partial charge in [0, 0.05) is 0 Å². The summed E-state index contributed by atoms with van der Waals surface area (Å²) in [7, 11) is 0. The lowest BCUT2D eigenvalue weighted by atomic mass is 10.2. The second-order valence-corrected chi connectivity index (χ2v) is 5.40. The molecule has 9 heteroatoms. The number of ether oxygens (including phenoxy) is 3. The van der Waals surface area contributed by atoms with Crippen LogP contribution in [0.4, 0.5) is 0 Å². The Balaban J connectivity index is 4.55. The molecule has 0 spiro atoms. The molecule has 0 aliphatic rings. The summed E-state index contributed by atoms with van der Waals surface area (Å²) >= 11 is 0. The number of aliphatic hydroxyl groups is 3. The summed E-state index contributed by atoms with van der Waals surface area (Å²) < 4.78 is 15.7. The predicted octanol–water partition coefficient (Wildman–Crippen LogP) is -1.25. The Hall–Kier alpha value is -2.01. The first-order chi connectivity index (χ1) is 12.8. The summed E-state index contributed by atoms with van der Waals surface area (Å²) in [5, 5.41) is 28.6. The average Bonchev–Trinajstić information content (AvgIpc) is 2.68. The highest BCUT2D eigenvalue weighted by Gasteiger charge is 2.19. The van der Waals surface area contributed by atoms with Crippen molar-refractivity contribution in [3.63, 3.8) is 0 Å². The summed E-state index contributed by atoms with van der Waals surface area (Å²) in [6.45, 7) is 8.41. The quantitative estimate of drug-likeness (QED) is 0.262. The van der Waals surface area contributed by atoms with E-state index in [0.717, 1.165) is 18.2 Å². The van der Waals surface area contributed by atoms with Crippen LogP contribution in [-0.2, 0) is 28.6 Å². The van der Waals surface area contributed by atoms with Crippen molar-refractivity contribution in [1.29, 1.82) is 0 Å². The van der Waals surface area contributed by atoms with E-state index in [-0.39, 0.29) is 33.0 Å². The highest BCUT2D eigenvalue weighted by atomic mass is 16.6. The molecule has 0 saturated carbocycles. The Kier molecular flexibility index (Phi) is 13.0. The normalized spacial score (nSPS) is 15.2. The third-order valence-electron chi connectivity index (χ3n) is 3.24. The minimum absolute atomic E-state index is 0.151. The molecule has 27 heavy (non-hydrogen) atoms. The molecule has 0 heterocycles. The summed E-state index contributed by atoms with van der Waals surface area (Å²) in [5.41, 5.74) is 0. The highest BCUT2D eigenvalue weighted by molar-refractivity contribution is 5.93. The van der Waals surface area contributed by atoms with Gasteiger partial charge in [-0.05, 0) is 18.2 Å². The summed E-state index contributed by atoms with van der Waals surface area (Å²) in [6, 6.07) is 0. The van der Waals surface area contributed by atoms with Gasteiger partial charge in [-0.25, -0.2) is 0 Å². The molecule has 0 bridgehead atoms. The topological polar surface area (TPSA) is 140 Å². The maximum absolute atomic E-state index is 11.3. The molecule has 0 radical (unpaired) electrons. The van der Waals surface area contributed by atoms with Crippen molar-refractivity contribution in [3.05, 3.63) is 38.0 Å². The van der Waals surface area contributed by atoms with E-state index in [2.05, 4.69) is 19.7 Å². The van der Waals surface area contributed by atoms with Gasteiger partial charge < -0.3 is 29.5 Å². The van der Waals surface area contributed by atoms with Crippen LogP contribution in [-0.4, -0.2) is 90.1 Å². The smallest absolute Gasteiger partial charge is 0.185 e. The Morgan fingerprint density at radius 2 is 1.00 bits per heavy atom. The molecule has 0 aliphatic heterocycles. The van der Waals surface area contributed by atoms with Gasteiger partial charge >= 0.3 is 0 Å². The van der Waals surface area contributed by atoms with Crippen molar-refractivity contribution in [1.82, 2.24) is 0 Å². The van der Waals surface area contributed by atoms with E-state index >= 15 is 0 Å². The SMILES string of the molecule is C=CC(=O)C(O)COCC(COCC(O)C(=O)C=C)OCC(O)C(=O)C=C. The largest absolute Gasteiger partial charge is 0.383 e. The van der Waals surface area contributed by atoms with Crippen molar-refractivity contribution < 1.29 is 43.9 Å². The Bertz CT molecular complexity index is 497. The van der Waals surface area contributed by atoms with Crippen LogP contribution < -0.4 is 0 Å². The summed E-state index contributed by atoms with van der Waals surface area (Å²) in [4.78, 5) is 33.7. The van der Waals surface area contributed by atoms with Gasteiger partial charge in [-0.2, -0.15) is 0 Å². The lowest BCUT2D eigenvalue weighted by molar-refractivity contribution is -0.136. The van der Waals surface area contributed by atoms with E-state index in [4.69, 9.17) is 14.2 Å². The molecular weight excluding hydrogens is 360 g/mol. The van der Waals surface area contributed by atoms with E-state index in [1.165, 1.54) is 0 Å². The van der Waals surface area contributed by atoms with Gasteiger partial charge in [0.2, 0.25) is 0 Å². The lowest BCUT2D eigenvalue weighted by Gasteiger charge is -2.20. The van der Waals surface area contributed by atoms with Crippen LogP contribution in [0.1, 0.15) is 0 Å². The first-order valence-corrected chi connectivity index (χ1v) is 8.06. The molecule has 3 N–H and O–H groups in total. The van der Waals surface area contributed by atoms with E-state index < -0.39 is 41.8 Å². The number of carbonyl (C=O) groups is 3. The van der Waals surface area contributed by atoms with Crippen LogP contribution in [0, 0.1) is 0 Å². The van der Waals surface area contributed by atoms with Gasteiger partial charge in [0.1, 0.15) is 24.4 Å². The minimum atomic E-state index is -1.43. The molecule has 0 aromatic heterocycles. The fourth-order valence-corrected chi connectivity index (χ4v) is 1.65. The molecule has 0 amide bonds. The van der Waals surface area contributed by atoms with Crippen LogP contribution >= 0.6 is 0 Å². The lowest BCUT2D eigenvalue weighted by Crippen LogP contribution is -2.35. The maximum atomic E-state index is 11.3. The predicted molar refractivity (Wildman–Crippen MR) is 95.0 cm³/mol. The average molecular weight is 386 g/mol. The third kappa shape index (κ3) is 10.7. The number of hydrogen-bond donors (Lipinski definition) is 3. The van der Waals surface area contributed by atoms with Gasteiger partial charge in [0.05, 0.1) is 33.0 Å². The zero-order chi connectivity index (χ0) is 20.8. The second kappa shape index (κ2) is 14.1. The van der Waals surface area contributed by atoms with Crippen LogP contribution in [0.5, 0.6) is 0 Å². The fourth-order valence-electron chi connectivity index (χ4n) is 1.65. The summed E-state index contributed by atoms with van der Waals surface area (Å²) in [5.74, 6) is -1.85. The molecule has 0 rings (SSSR count). The zero-order valence-corrected chi connectivity index (χ0v) is 15.0. The number of rotatable bonds is 17. The van der Waals surface area contributed by atoms with E-state index in [9.17, 15) is 29.7 Å².